The second-order valence-electron chi connectivity index (χ2n) is 5.04. The maximum atomic E-state index is 4.36. The molecule has 3 nitrogen and oxygen atoms in total. The van der Waals surface area contributed by atoms with Gasteiger partial charge in [-0.15, -0.1) is 11.3 Å². The molecule has 2 N–H and O–H groups in total. The molecule has 1 aliphatic rings. The first kappa shape index (κ1) is 13.0. The average Bonchev–Trinajstić information content (AvgIpc) is 2.83. The number of hydrogen-bond acceptors (Lipinski definition) is 4. The molecule has 2 rings (SSSR count). The fourth-order valence-electron chi connectivity index (χ4n) is 2.57. The molecule has 1 fully saturated rings. The molecule has 0 amide bonds. The van der Waals surface area contributed by atoms with E-state index in [4.69, 9.17) is 0 Å². The van der Waals surface area contributed by atoms with E-state index in [1.165, 1.54) is 37.2 Å². The van der Waals surface area contributed by atoms with Gasteiger partial charge in [-0.3, -0.25) is 0 Å². The minimum atomic E-state index is 0.369. The van der Waals surface area contributed by atoms with Crippen molar-refractivity contribution in [3.8, 4) is 0 Å². The van der Waals surface area contributed by atoms with Gasteiger partial charge in [0.1, 0.15) is 5.01 Å². The molecule has 3 unspecified atom stereocenters. The molecule has 0 saturated carbocycles. The Morgan fingerprint density at radius 3 is 3.06 bits per heavy atom. The predicted molar refractivity (Wildman–Crippen MR) is 73.4 cm³/mol. The van der Waals surface area contributed by atoms with Crippen molar-refractivity contribution in [3.63, 3.8) is 0 Å². The van der Waals surface area contributed by atoms with Gasteiger partial charge < -0.3 is 10.6 Å². The maximum Gasteiger partial charge on any atom is 0.109 e. The highest BCUT2D eigenvalue weighted by atomic mass is 32.1. The summed E-state index contributed by atoms with van der Waals surface area (Å²) in [4.78, 5) is 4.36. The van der Waals surface area contributed by atoms with E-state index in [2.05, 4.69) is 29.5 Å². The van der Waals surface area contributed by atoms with Crippen LogP contribution in [-0.2, 0) is 0 Å². The van der Waals surface area contributed by atoms with Gasteiger partial charge in [0.15, 0.2) is 0 Å². The van der Waals surface area contributed by atoms with Crippen molar-refractivity contribution in [2.24, 2.45) is 0 Å². The summed E-state index contributed by atoms with van der Waals surface area (Å²) in [5, 5.41) is 10.5. The van der Waals surface area contributed by atoms with Gasteiger partial charge in [0.2, 0.25) is 0 Å². The lowest BCUT2D eigenvalue weighted by Crippen LogP contribution is -2.40. The van der Waals surface area contributed by atoms with Crippen LogP contribution < -0.4 is 10.6 Å². The first-order valence-electron chi connectivity index (χ1n) is 6.64. The Bertz CT molecular complexity index is 306. The molecule has 0 radical (unpaired) electrons. The van der Waals surface area contributed by atoms with Crippen LogP contribution in [0.25, 0.3) is 0 Å². The summed E-state index contributed by atoms with van der Waals surface area (Å²) in [6, 6.07) is 1.62. The Kier molecular flexibility index (Phi) is 4.95. The van der Waals surface area contributed by atoms with Gasteiger partial charge in [0.05, 0.1) is 6.04 Å². The topological polar surface area (TPSA) is 37.0 Å². The smallest absolute Gasteiger partial charge is 0.109 e. The van der Waals surface area contributed by atoms with Crippen molar-refractivity contribution < 1.29 is 0 Å². The minimum Gasteiger partial charge on any atom is -0.314 e. The second-order valence-corrected chi connectivity index (χ2v) is 5.97. The molecule has 3 atom stereocenters. The SMILES string of the molecule is CC(CC1CCCCN1)NC(C)c1nccs1. The lowest BCUT2D eigenvalue weighted by molar-refractivity contribution is 0.334. The zero-order chi connectivity index (χ0) is 12.1. The molecule has 96 valence electrons. The standard InChI is InChI=1S/C13H23N3S/c1-10(9-12-5-3-4-6-14-12)16-11(2)13-15-7-8-17-13/h7-8,10-12,14,16H,3-6,9H2,1-2H3. The first-order chi connectivity index (χ1) is 8.25. The molecule has 2 heterocycles. The summed E-state index contributed by atoms with van der Waals surface area (Å²) in [5.74, 6) is 0. The largest absolute Gasteiger partial charge is 0.314 e. The van der Waals surface area contributed by atoms with Crippen LogP contribution in [0, 0.1) is 0 Å². The van der Waals surface area contributed by atoms with Gasteiger partial charge in [-0.1, -0.05) is 6.42 Å². The summed E-state index contributed by atoms with van der Waals surface area (Å²) in [6.45, 7) is 5.67. The summed E-state index contributed by atoms with van der Waals surface area (Å²) in [7, 11) is 0. The Morgan fingerprint density at radius 1 is 1.53 bits per heavy atom. The van der Waals surface area contributed by atoms with Gasteiger partial charge in [0.25, 0.3) is 0 Å². The third kappa shape index (κ3) is 4.05. The van der Waals surface area contributed by atoms with Crippen LogP contribution in [0.15, 0.2) is 11.6 Å². The Morgan fingerprint density at radius 2 is 2.41 bits per heavy atom. The van der Waals surface area contributed by atoms with E-state index >= 15 is 0 Å². The fourth-order valence-corrected chi connectivity index (χ4v) is 3.22. The fraction of sp³-hybridized carbons (Fsp3) is 0.769. The molecule has 0 aliphatic carbocycles. The van der Waals surface area contributed by atoms with Crippen molar-refractivity contribution >= 4 is 11.3 Å². The number of aromatic nitrogens is 1. The number of nitrogens with one attached hydrogen (secondary N) is 2. The van der Waals surface area contributed by atoms with Gasteiger partial charge in [0, 0.05) is 23.7 Å². The van der Waals surface area contributed by atoms with Crippen LogP contribution in [0.4, 0.5) is 0 Å². The van der Waals surface area contributed by atoms with Crippen LogP contribution in [0.2, 0.25) is 0 Å². The van der Waals surface area contributed by atoms with Gasteiger partial charge in [-0.25, -0.2) is 4.98 Å². The molecule has 1 saturated heterocycles. The van der Waals surface area contributed by atoms with E-state index in [1.54, 1.807) is 11.3 Å². The molecular formula is C13H23N3S. The number of thiazole rings is 1. The second kappa shape index (κ2) is 6.47. The monoisotopic (exact) mass is 253 g/mol. The van der Waals surface area contributed by atoms with Gasteiger partial charge in [-0.05, 0) is 39.7 Å². The van der Waals surface area contributed by atoms with Crippen molar-refractivity contribution in [2.75, 3.05) is 6.54 Å². The first-order valence-corrected chi connectivity index (χ1v) is 7.52. The molecule has 0 bridgehead atoms. The van der Waals surface area contributed by atoms with E-state index in [-0.39, 0.29) is 0 Å². The number of nitrogens with zero attached hydrogens (tertiary/aromatic N) is 1. The maximum absolute atomic E-state index is 4.36. The third-order valence-electron chi connectivity index (χ3n) is 3.41. The summed E-state index contributed by atoms with van der Waals surface area (Å²) in [5.41, 5.74) is 0. The molecule has 17 heavy (non-hydrogen) atoms. The third-order valence-corrected chi connectivity index (χ3v) is 4.37. The summed E-state index contributed by atoms with van der Waals surface area (Å²) >= 11 is 1.73. The van der Waals surface area contributed by atoms with Crippen LogP contribution in [0.3, 0.4) is 0 Å². The Hall–Kier alpha value is -0.450. The van der Waals surface area contributed by atoms with Crippen LogP contribution in [-0.4, -0.2) is 23.6 Å². The van der Waals surface area contributed by atoms with E-state index < -0.39 is 0 Å². The molecule has 1 aliphatic heterocycles. The predicted octanol–water partition coefficient (Wildman–Crippen LogP) is 2.71. The van der Waals surface area contributed by atoms with Crippen LogP contribution in [0.5, 0.6) is 0 Å². The molecule has 1 aromatic rings. The summed E-state index contributed by atoms with van der Waals surface area (Å²) in [6.07, 6.45) is 7.15. The Balaban J connectivity index is 1.74. The average molecular weight is 253 g/mol. The van der Waals surface area contributed by atoms with E-state index in [0.29, 0.717) is 18.1 Å². The molecule has 0 spiro atoms. The lowest BCUT2D eigenvalue weighted by Gasteiger charge is -2.27. The normalized spacial score (nSPS) is 24.5. The quantitative estimate of drug-likeness (QED) is 0.847. The van der Waals surface area contributed by atoms with Crippen molar-refractivity contribution in [1.29, 1.82) is 0 Å². The zero-order valence-corrected chi connectivity index (χ0v) is 11.6. The van der Waals surface area contributed by atoms with Crippen LogP contribution >= 0.6 is 11.3 Å². The molecule has 4 heteroatoms. The minimum absolute atomic E-state index is 0.369. The van der Waals surface area contributed by atoms with Crippen LogP contribution in [0.1, 0.15) is 50.6 Å². The molecular weight excluding hydrogens is 230 g/mol. The van der Waals surface area contributed by atoms with Gasteiger partial charge in [-0.2, -0.15) is 0 Å². The van der Waals surface area contributed by atoms with Crippen molar-refractivity contribution in [3.05, 3.63) is 16.6 Å². The van der Waals surface area contributed by atoms with Crippen molar-refractivity contribution in [1.82, 2.24) is 15.6 Å². The van der Waals surface area contributed by atoms with E-state index in [1.807, 2.05) is 11.6 Å². The highest BCUT2D eigenvalue weighted by Crippen LogP contribution is 2.17. The number of piperidine rings is 1. The molecule has 0 aromatic carbocycles. The van der Waals surface area contributed by atoms with E-state index in [9.17, 15) is 0 Å². The Labute approximate surface area is 108 Å². The van der Waals surface area contributed by atoms with E-state index in [0.717, 1.165) is 0 Å². The summed E-state index contributed by atoms with van der Waals surface area (Å²) < 4.78 is 0. The van der Waals surface area contributed by atoms with Crippen molar-refractivity contribution in [2.45, 2.75) is 57.7 Å². The lowest BCUT2D eigenvalue weighted by atomic mass is 9.98. The highest BCUT2D eigenvalue weighted by molar-refractivity contribution is 7.09. The molecule has 1 aromatic heterocycles. The number of rotatable bonds is 5. The zero-order valence-electron chi connectivity index (χ0n) is 10.8. The highest BCUT2D eigenvalue weighted by Gasteiger charge is 2.17. The van der Waals surface area contributed by atoms with Gasteiger partial charge >= 0.3 is 0 Å². The number of hydrogen-bond donors (Lipinski definition) is 2.